The van der Waals surface area contributed by atoms with E-state index >= 15 is 0 Å². The van der Waals surface area contributed by atoms with E-state index in [9.17, 15) is 22.0 Å². The number of furan rings is 1. The molecule has 1 aromatic heterocycles. The molecule has 1 amide bonds. The summed E-state index contributed by atoms with van der Waals surface area (Å²) in [6, 6.07) is 8.46. The van der Waals surface area contributed by atoms with Crippen LogP contribution in [0.15, 0.2) is 45.7 Å². The van der Waals surface area contributed by atoms with E-state index in [-0.39, 0.29) is 46.6 Å². The number of alkyl halides is 1. The number of rotatable bonds is 6. The Morgan fingerprint density at radius 3 is 2.59 bits per heavy atom. The molecule has 2 heterocycles. The molecule has 0 radical (unpaired) electrons. The number of aryl methyl sites for hydroxylation is 1. The third-order valence-electron chi connectivity index (χ3n) is 4.98. The molecule has 10 heteroatoms. The number of nitrogens with one attached hydrogen (secondary N) is 1. The standard InChI is InChI=1S/C22H22F2N2O5S/c1-12(2)30-18-5-4-13(3)6-21(18)32(28,29)25-22(27)20-9-16-17(24)7-15(8-19(16)31-20)26-10-14(23)11-26/h4-9,12,14H,10-11H2,1-3H3,(H,25,27). The van der Waals surface area contributed by atoms with Crippen molar-refractivity contribution in [3.05, 3.63) is 53.5 Å². The number of nitrogens with zero attached hydrogens (tertiary/aromatic N) is 1. The molecule has 1 N–H and O–H groups in total. The fraction of sp³-hybridized carbons (Fsp3) is 0.318. The highest BCUT2D eigenvalue weighted by atomic mass is 32.2. The molecule has 7 nitrogen and oxygen atoms in total. The molecule has 0 atom stereocenters. The monoisotopic (exact) mass is 464 g/mol. The summed E-state index contributed by atoms with van der Waals surface area (Å²) < 4.78 is 66.4. The minimum absolute atomic E-state index is 0.0213. The number of hydrogen-bond acceptors (Lipinski definition) is 6. The van der Waals surface area contributed by atoms with Crippen LogP contribution in [0.3, 0.4) is 0 Å². The highest BCUT2D eigenvalue weighted by Gasteiger charge is 2.29. The number of fused-ring (bicyclic) bond motifs is 1. The molecule has 4 rings (SSSR count). The Labute approximate surface area is 184 Å². The molecule has 1 fully saturated rings. The van der Waals surface area contributed by atoms with Gasteiger partial charge in [-0.05, 0) is 44.5 Å². The van der Waals surface area contributed by atoms with Crippen LogP contribution in [0.5, 0.6) is 5.75 Å². The van der Waals surface area contributed by atoms with Crippen LogP contribution in [-0.4, -0.2) is 39.7 Å². The van der Waals surface area contributed by atoms with Gasteiger partial charge in [0.05, 0.1) is 24.6 Å². The summed E-state index contributed by atoms with van der Waals surface area (Å²) >= 11 is 0. The van der Waals surface area contributed by atoms with Gasteiger partial charge >= 0.3 is 5.91 Å². The maximum Gasteiger partial charge on any atom is 0.300 e. The zero-order valence-electron chi connectivity index (χ0n) is 17.7. The van der Waals surface area contributed by atoms with Crippen molar-refractivity contribution >= 4 is 32.6 Å². The Bertz CT molecular complexity index is 1300. The Kier molecular flexibility index (Phi) is 5.58. The second-order valence-corrected chi connectivity index (χ2v) is 9.65. The van der Waals surface area contributed by atoms with Gasteiger partial charge in [-0.2, -0.15) is 0 Å². The summed E-state index contributed by atoms with van der Waals surface area (Å²) in [5.74, 6) is -1.97. The summed E-state index contributed by atoms with van der Waals surface area (Å²) in [4.78, 5) is 14.1. The largest absolute Gasteiger partial charge is 0.490 e. The van der Waals surface area contributed by atoms with Gasteiger partial charge in [-0.15, -0.1) is 0 Å². The number of ether oxygens (including phenoxy) is 1. The van der Waals surface area contributed by atoms with Gasteiger partial charge in [0.15, 0.2) is 5.76 Å². The number of benzene rings is 2. The van der Waals surface area contributed by atoms with Crippen LogP contribution >= 0.6 is 0 Å². The van der Waals surface area contributed by atoms with Crippen molar-refractivity contribution in [2.45, 2.75) is 37.9 Å². The predicted molar refractivity (Wildman–Crippen MR) is 115 cm³/mol. The van der Waals surface area contributed by atoms with Crippen LogP contribution < -0.4 is 14.4 Å². The number of amides is 1. The first kappa shape index (κ1) is 22.1. The van der Waals surface area contributed by atoms with Crippen LogP contribution in [0.4, 0.5) is 14.5 Å². The van der Waals surface area contributed by atoms with Crippen molar-refractivity contribution < 1.29 is 31.1 Å². The number of carbonyl (C=O) groups excluding carboxylic acids is 1. The second-order valence-electron chi connectivity index (χ2n) is 8.00. The van der Waals surface area contributed by atoms with E-state index in [2.05, 4.69) is 0 Å². The second kappa shape index (κ2) is 8.09. The topological polar surface area (TPSA) is 88.8 Å². The van der Waals surface area contributed by atoms with Gasteiger partial charge in [-0.1, -0.05) is 6.07 Å². The van der Waals surface area contributed by atoms with Gasteiger partial charge in [0, 0.05) is 17.8 Å². The first-order chi connectivity index (χ1) is 15.0. The lowest BCUT2D eigenvalue weighted by Crippen LogP contribution is -2.48. The lowest BCUT2D eigenvalue weighted by Gasteiger charge is -2.36. The lowest BCUT2D eigenvalue weighted by molar-refractivity contribution is 0.0956. The van der Waals surface area contributed by atoms with Crippen molar-refractivity contribution in [2.75, 3.05) is 18.0 Å². The van der Waals surface area contributed by atoms with Crippen LogP contribution in [0, 0.1) is 12.7 Å². The van der Waals surface area contributed by atoms with Crippen molar-refractivity contribution in [2.24, 2.45) is 0 Å². The number of carbonyl (C=O) groups is 1. The first-order valence-electron chi connectivity index (χ1n) is 10.00. The Balaban J connectivity index is 1.62. The number of halogens is 2. The van der Waals surface area contributed by atoms with E-state index in [1.54, 1.807) is 31.7 Å². The zero-order chi connectivity index (χ0) is 23.2. The molecule has 0 spiro atoms. The Morgan fingerprint density at radius 2 is 1.94 bits per heavy atom. The highest BCUT2D eigenvalue weighted by Crippen LogP contribution is 2.31. The van der Waals surface area contributed by atoms with Crippen LogP contribution in [0.2, 0.25) is 0 Å². The molecular weight excluding hydrogens is 442 g/mol. The quantitative estimate of drug-likeness (QED) is 0.594. The van der Waals surface area contributed by atoms with E-state index < -0.39 is 27.9 Å². The molecule has 32 heavy (non-hydrogen) atoms. The molecule has 3 aromatic rings. The smallest absolute Gasteiger partial charge is 0.300 e. The summed E-state index contributed by atoms with van der Waals surface area (Å²) in [5.41, 5.74) is 1.14. The van der Waals surface area contributed by atoms with Gasteiger partial charge in [-0.25, -0.2) is 21.9 Å². The average molecular weight is 464 g/mol. The molecule has 0 aliphatic carbocycles. The summed E-state index contributed by atoms with van der Waals surface area (Å²) in [5, 5.41) is 0.0213. The molecule has 0 bridgehead atoms. The van der Waals surface area contributed by atoms with Gasteiger partial charge < -0.3 is 14.1 Å². The van der Waals surface area contributed by atoms with E-state index in [1.165, 1.54) is 24.3 Å². The van der Waals surface area contributed by atoms with Gasteiger partial charge in [0.25, 0.3) is 10.0 Å². The minimum Gasteiger partial charge on any atom is -0.490 e. The molecular formula is C22H22F2N2O5S. The average Bonchev–Trinajstić information content (AvgIpc) is 3.11. The first-order valence-corrected chi connectivity index (χ1v) is 11.5. The SMILES string of the molecule is Cc1ccc(OC(C)C)c(S(=O)(=O)NC(=O)c2cc3c(F)cc(N4CC(F)C4)cc3o2)c1. The Morgan fingerprint density at radius 1 is 1.22 bits per heavy atom. The fourth-order valence-electron chi connectivity index (χ4n) is 3.42. The van der Waals surface area contributed by atoms with Crippen molar-refractivity contribution in [1.82, 2.24) is 4.72 Å². The van der Waals surface area contributed by atoms with E-state index in [0.717, 1.165) is 6.07 Å². The molecule has 1 aliphatic rings. The molecule has 1 aliphatic heterocycles. The number of anilines is 1. The molecule has 2 aromatic carbocycles. The summed E-state index contributed by atoms with van der Waals surface area (Å²) in [6.07, 6.45) is -1.25. The van der Waals surface area contributed by atoms with Crippen molar-refractivity contribution in [3.8, 4) is 5.75 Å². The molecule has 1 saturated heterocycles. The van der Waals surface area contributed by atoms with Gasteiger partial charge in [0.1, 0.15) is 28.2 Å². The highest BCUT2D eigenvalue weighted by molar-refractivity contribution is 7.90. The van der Waals surface area contributed by atoms with Gasteiger partial charge in [0.2, 0.25) is 0 Å². The number of hydrogen-bond donors (Lipinski definition) is 1. The maximum atomic E-state index is 14.5. The zero-order valence-corrected chi connectivity index (χ0v) is 18.5. The normalized spacial score (nSPS) is 14.6. The van der Waals surface area contributed by atoms with Crippen LogP contribution in [0.1, 0.15) is 30.0 Å². The third-order valence-corrected chi connectivity index (χ3v) is 6.33. The summed E-state index contributed by atoms with van der Waals surface area (Å²) in [6.45, 7) is 5.51. The molecule has 170 valence electrons. The van der Waals surface area contributed by atoms with Crippen molar-refractivity contribution in [1.29, 1.82) is 0 Å². The van der Waals surface area contributed by atoms with Gasteiger partial charge in [-0.3, -0.25) is 4.79 Å². The third kappa shape index (κ3) is 4.27. The molecule has 0 unspecified atom stereocenters. The minimum atomic E-state index is -4.30. The number of sulfonamides is 1. The predicted octanol–water partition coefficient (Wildman–Crippen LogP) is 3.94. The van der Waals surface area contributed by atoms with Crippen molar-refractivity contribution in [3.63, 3.8) is 0 Å². The van der Waals surface area contributed by atoms with E-state index in [4.69, 9.17) is 9.15 Å². The summed E-state index contributed by atoms with van der Waals surface area (Å²) in [7, 11) is -4.30. The van der Waals surface area contributed by atoms with E-state index in [0.29, 0.717) is 11.3 Å². The molecule has 0 saturated carbocycles. The van der Waals surface area contributed by atoms with Crippen LogP contribution in [0.25, 0.3) is 11.0 Å². The van der Waals surface area contributed by atoms with E-state index in [1.807, 2.05) is 4.72 Å². The fourth-order valence-corrected chi connectivity index (χ4v) is 4.59. The Hall–Kier alpha value is -3.14. The van der Waals surface area contributed by atoms with Crippen LogP contribution in [-0.2, 0) is 10.0 Å². The lowest BCUT2D eigenvalue weighted by atomic mass is 10.1. The maximum absolute atomic E-state index is 14.5.